The molecule has 11 aromatic rings. The van der Waals surface area contributed by atoms with Gasteiger partial charge in [0.15, 0.2) is 0 Å². The Kier molecular flexibility index (Phi) is 5.84. The summed E-state index contributed by atoms with van der Waals surface area (Å²) in [5, 5.41) is 7.08. The first-order valence-corrected chi connectivity index (χ1v) is 18.7. The summed E-state index contributed by atoms with van der Waals surface area (Å²) >= 11 is 0. The lowest BCUT2D eigenvalue weighted by Gasteiger charge is -2.22. The van der Waals surface area contributed by atoms with Gasteiger partial charge in [0.25, 0.3) is 0 Å². The Morgan fingerprint density at radius 1 is 0.407 bits per heavy atom. The van der Waals surface area contributed by atoms with Crippen molar-refractivity contribution in [3.8, 4) is 39.1 Å². The third kappa shape index (κ3) is 4.01. The Hall–Kier alpha value is -6.84. The smallest absolute Gasteiger partial charge is 0.143 e. The summed E-state index contributed by atoms with van der Waals surface area (Å²) in [6.45, 7) is 4.69. The molecule has 3 nitrogen and oxygen atoms in total. The fraction of sp³-hybridized carbons (Fsp3) is 0.0588. The van der Waals surface area contributed by atoms with Crippen LogP contribution in [0.5, 0.6) is 0 Å². The zero-order valence-corrected chi connectivity index (χ0v) is 29.9. The van der Waals surface area contributed by atoms with E-state index in [1.807, 2.05) is 18.2 Å². The fourth-order valence-electron chi connectivity index (χ4n) is 9.32. The molecule has 0 atom stereocenters. The molecule has 0 bridgehead atoms. The quantitative estimate of drug-likeness (QED) is 0.185. The van der Waals surface area contributed by atoms with Crippen molar-refractivity contribution >= 4 is 65.7 Å². The average Bonchev–Trinajstić information content (AvgIpc) is 3.94. The first kappa shape index (κ1) is 29.7. The molecule has 0 aliphatic heterocycles. The second-order valence-electron chi connectivity index (χ2n) is 15.3. The molecular formula is C51H33NO2. The zero-order valence-electron chi connectivity index (χ0n) is 29.9. The van der Waals surface area contributed by atoms with Gasteiger partial charge in [-0.3, -0.25) is 0 Å². The van der Waals surface area contributed by atoms with Crippen LogP contribution in [-0.4, -0.2) is 4.57 Å². The predicted molar refractivity (Wildman–Crippen MR) is 224 cm³/mol. The van der Waals surface area contributed by atoms with Gasteiger partial charge in [-0.25, -0.2) is 0 Å². The molecule has 0 spiro atoms. The van der Waals surface area contributed by atoms with Crippen LogP contribution >= 0.6 is 0 Å². The minimum absolute atomic E-state index is 0.169. The van der Waals surface area contributed by atoms with Crippen LogP contribution in [0.3, 0.4) is 0 Å². The van der Waals surface area contributed by atoms with Gasteiger partial charge in [0.2, 0.25) is 0 Å². The van der Waals surface area contributed by atoms with E-state index in [9.17, 15) is 0 Å². The van der Waals surface area contributed by atoms with Gasteiger partial charge in [-0.2, -0.15) is 0 Å². The van der Waals surface area contributed by atoms with Crippen LogP contribution in [0, 0.1) is 0 Å². The van der Waals surface area contributed by atoms with Gasteiger partial charge in [-0.05, 0) is 106 Å². The summed E-state index contributed by atoms with van der Waals surface area (Å²) in [5.74, 6) is 0. The fourth-order valence-corrected chi connectivity index (χ4v) is 9.32. The molecule has 1 aliphatic rings. The van der Waals surface area contributed by atoms with Crippen molar-refractivity contribution in [3.63, 3.8) is 0 Å². The van der Waals surface area contributed by atoms with E-state index in [0.29, 0.717) is 0 Å². The Balaban J connectivity index is 1.04. The van der Waals surface area contributed by atoms with Crippen molar-refractivity contribution in [3.05, 3.63) is 175 Å². The number of benzene rings is 8. The van der Waals surface area contributed by atoms with Crippen LogP contribution in [0.15, 0.2) is 173 Å². The molecule has 0 fully saturated rings. The highest BCUT2D eigenvalue weighted by Gasteiger charge is 2.38. The van der Waals surface area contributed by atoms with Crippen LogP contribution in [0.25, 0.3) is 105 Å². The van der Waals surface area contributed by atoms with Crippen LogP contribution in [0.2, 0.25) is 0 Å². The number of fused-ring (bicyclic) bond motifs is 13. The minimum Gasteiger partial charge on any atom is -0.456 e. The van der Waals surface area contributed by atoms with Gasteiger partial charge in [-0.1, -0.05) is 111 Å². The minimum atomic E-state index is -0.169. The number of rotatable bonds is 3. The molecule has 0 saturated carbocycles. The maximum Gasteiger partial charge on any atom is 0.143 e. The summed E-state index contributed by atoms with van der Waals surface area (Å²) in [6, 6.07) is 59.3. The summed E-state index contributed by atoms with van der Waals surface area (Å²) in [4.78, 5) is 0. The van der Waals surface area contributed by atoms with E-state index in [-0.39, 0.29) is 5.41 Å². The molecule has 254 valence electrons. The number of hydrogen-bond acceptors (Lipinski definition) is 2. The van der Waals surface area contributed by atoms with Gasteiger partial charge in [0.1, 0.15) is 22.3 Å². The molecule has 3 aromatic heterocycles. The molecule has 8 aromatic carbocycles. The lowest BCUT2D eigenvalue weighted by atomic mass is 9.81. The van der Waals surface area contributed by atoms with Crippen molar-refractivity contribution in [2.45, 2.75) is 19.3 Å². The second kappa shape index (κ2) is 10.6. The molecule has 0 unspecified atom stereocenters. The SMILES string of the molecule is CC1(C)c2cc(-c3ccc4c(c3)c3cc(-c5ccc6oc7ccccc7c6c5)ccc3n4-c3ccccc3)ccc2-c2c1ccc1c2oc2ccccc21. The Bertz CT molecular complexity index is 3350. The van der Waals surface area contributed by atoms with E-state index in [0.717, 1.165) is 38.8 Å². The topological polar surface area (TPSA) is 31.2 Å². The molecular weight excluding hydrogens is 659 g/mol. The molecule has 3 heteroatoms. The van der Waals surface area contributed by atoms with E-state index in [2.05, 4.69) is 164 Å². The number of nitrogens with zero attached hydrogens (tertiary/aromatic N) is 1. The van der Waals surface area contributed by atoms with Crippen molar-refractivity contribution in [1.82, 2.24) is 4.57 Å². The lowest BCUT2D eigenvalue weighted by molar-refractivity contribution is 0.653. The Labute approximate surface area is 311 Å². The average molecular weight is 692 g/mol. The molecule has 0 amide bonds. The largest absolute Gasteiger partial charge is 0.456 e. The van der Waals surface area contributed by atoms with Crippen molar-refractivity contribution in [2.75, 3.05) is 0 Å². The number of hydrogen-bond donors (Lipinski definition) is 0. The maximum absolute atomic E-state index is 6.56. The standard InChI is InChI=1S/C51H33NO2/c1-51(2)42-22-21-37-35-12-6-9-15-47(35)54-50(37)49(42)38-20-16-33(29-43(38)51)31-18-24-45-40(27-31)39-26-30(17-23-44(39)52(45)34-10-4-3-5-11-34)32-19-25-48-41(28-32)36-13-7-8-14-46(36)53-48/h3-29H,1-2H3. The lowest BCUT2D eigenvalue weighted by Crippen LogP contribution is -2.14. The van der Waals surface area contributed by atoms with E-state index in [4.69, 9.17) is 8.83 Å². The first-order chi connectivity index (χ1) is 26.5. The van der Waals surface area contributed by atoms with Crippen LogP contribution in [0.1, 0.15) is 25.0 Å². The molecule has 54 heavy (non-hydrogen) atoms. The van der Waals surface area contributed by atoms with Gasteiger partial charge >= 0.3 is 0 Å². The second-order valence-corrected chi connectivity index (χ2v) is 15.3. The highest BCUT2D eigenvalue weighted by molar-refractivity contribution is 6.14. The first-order valence-electron chi connectivity index (χ1n) is 18.7. The Morgan fingerprint density at radius 2 is 0.963 bits per heavy atom. The summed E-state index contributed by atoms with van der Waals surface area (Å²) in [6.07, 6.45) is 0. The normalized spacial score (nSPS) is 13.5. The summed E-state index contributed by atoms with van der Waals surface area (Å²) in [5.41, 5.74) is 17.0. The van der Waals surface area contributed by atoms with Gasteiger partial charge in [-0.15, -0.1) is 0 Å². The van der Waals surface area contributed by atoms with E-state index < -0.39 is 0 Å². The van der Waals surface area contributed by atoms with Crippen LogP contribution < -0.4 is 0 Å². The van der Waals surface area contributed by atoms with Crippen molar-refractivity contribution in [1.29, 1.82) is 0 Å². The van der Waals surface area contributed by atoms with Crippen LogP contribution in [0.4, 0.5) is 0 Å². The molecule has 12 rings (SSSR count). The van der Waals surface area contributed by atoms with Crippen molar-refractivity contribution < 1.29 is 8.83 Å². The molecule has 0 N–H and O–H groups in total. The summed E-state index contributed by atoms with van der Waals surface area (Å²) in [7, 11) is 0. The molecule has 0 saturated heterocycles. The summed E-state index contributed by atoms with van der Waals surface area (Å²) < 4.78 is 15.1. The molecule has 1 aliphatic carbocycles. The van der Waals surface area contributed by atoms with Crippen molar-refractivity contribution in [2.24, 2.45) is 0 Å². The molecule has 3 heterocycles. The van der Waals surface area contributed by atoms with Gasteiger partial charge in [0, 0.05) is 49.0 Å². The Morgan fingerprint density at radius 3 is 1.69 bits per heavy atom. The molecule has 0 radical (unpaired) electrons. The van der Waals surface area contributed by atoms with E-state index >= 15 is 0 Å². The number of para-hydroxylation sites is 3. The van der Waals surface area contributed by atoms with E-state index in [1.165, 1.54) is 77.1 Å². The highest BCUT2D eigenvalue weighted by Crippen LogP contribution is 2.53. The predicted octanol–water partition coefficient (Wildman–Crippen LogP) is 14.2. The maximum atomic E-state index is 6.56. The monoisotopic (exact) mass is 691 g/mol. The number of aromatic nitrogens is 1. The van der Waals surface area contributed by atoms with E-state index in [1.54, 1.807) is 0 Å². The highest BCUT2D eigenvalue weighted by atomic mass is 16.3. The third-order valence-corrected chi connectivity index (χ3v) is 12.0. The zero-order chi connectivity index (χ0) is 35.7. The number of furan rings is 2. The van der Waals surface area contributed by atoms with Gasteiger partial charge < -0.3 is 13.4 Å². The third-order valence-electron chi connectivity index (χ3n) is 12.0. The van der Waals surface area contributed by atoms with Crippen LogP contribution in [-0.2, 0) is 5.41 Å². The van der Waals surface area contributed by atoms with Gasteiger partial charge in [0.05, 0.1) is 11.0 Å².